The molecule has 0 aliphatic rings. The maximum Gasteiger partial charge on any atom is 0.337 e. The number of halogens is 1. The fourth-order valence-corrected chi connectivity index (χ4v) is 3.19. The Labute approximate surface area is 114 Å². The minimum Gasteiger partial charge on any atom is -0.465 e. The second-order valence-electron chi connectivity index (χ2n) is 3.28. The Balaban J connectivity index is 3.23. The molecule has 1 N–H and O–H groups in total. The van der Waals surface area contributed by atoms with Gasteiger partial charge in [-0.3, -0.25) is 0 Å². The predicted octanol–water partition coefficient (Wildman–Crippen LogP) is 1.70. The van der Waals surface area contributed by atoms with Crippen molar-refractivity contribution in [3.8, 4) is 0 Å². The highest BCUT2D eigenvalue weighted by molar-refractivity contribution is 9.10. The molecule has 0 atom stereocenters. The van der Waals surface area contributed by atoms with Crippen LogP contribution >= 0.6 is 15.9 Å². The van der Waals surface area contributed by atoms with Gasteiger partial charge >= 0.3 is 5.97 Å². The van der Waals surface area contributed by atoms with Crippen molar-refractivity contribution >= 4 is 31.9 Å². The number of carbonyl (C=O) groups is 1. The van der Waals surface area contributed by atoms with Crippen LogP contribution in [0.3, 0.4) is 0 Å². The van der Waals surface area contributed by atoms with Gasteiger partial charge in [0.25, 0.3) is 0 Å². The SMILES string of the molecule is C=CCNS(=O)(=O)c1cc(C(=O)OC)ccc1Br. The van der Waals surface area contributed by atoms with Gasteiger partial charge in [0.05, 0.1) is 17.6 Å². The van der Waals surface area contributed by atoms with Gasteiger partial charge < -0.3 is 4.74 Å². The van der Waals surface area contributed by atoms with Gasteiger partial charge in [0.2, 0.25) is 10.0 Å². The van der Waals surface area contributed by atoms with E-state index in [0.717, 1.165) is 0 Å². The molecule has 0 saturated carbocycles. The second-order valence-corrected chi connectivity index (χ2v) is 5.87. The molecule has 1 rings (SSSR count). The first-order valence-electron chi connectivity index (χ1n) is 4.91. The molecule has 0 heterocycles. The minimum atomic E-state index is -3.69. The number of hydrogen-bond donors (Lipinski definition) is 1. The van der Waals surface area contributed by atoms with Crippen LogP contribution in [0.25, 0.3) is 0 Å². The second kappa shape index (κ2) is 6.12. The zero-order valence-electron chi connectivity index (χ0n) is 9.64. The first kappa shape index (κ1) is 14.9. The van der Waals surface area contributed by atoms with Crippen molar-refractivity contribution in [3.63, 3.8) is 0 Å². The lowest BCUT2D eigenvalue weighted by molar-refractivity contribution is 0.0600. The Hall–Kier alpha value is -1.18. The van der Waals surface area contributed by atoms with E-state index in [-0.39, 0.29) is 17.0 Å². The van der Waals surface area contributed by atoms with Crippen LogP contribution in [0.2, 0.25) is 0 Å². The molecule has 0 bridgehead atoms. The average Bonchev–Trinajstić information content (AvgIpc) is 2.35. The summed E-state index contributed by atoms with van der Waals surface area (Å²) in [5, 5.41) is 0. The standard InChI is InChI=1S/C11H12BrNO4S/c1-3-6-13-18(15,16)10-7-8(11(14)17-2)4-5-9(10)12/h3-5,7,13H,1,6H2,2H3. The number of hydrogen-bond acceptors (Lipinski definition) is 4. The Morgan fingerprint density at radius 2 is 2.22 bits per heavy atom. The van der Waals surface area contributed by atoms with Crippen LogP contribution in [0.1, 0.15) is 10.4 Å². The van der Waals surface area contributed by atoms with E-state index in [9.17, 15) is 13.2 Å². The van der Waals surface area contributed by atoms with Crippen LogP contribution in [0.5, 0.6) is 0 Å². The number of ether oxygens (including phenoxy) is 1. The van der Waals surface area contributed by atoms with Gasteiger partial charge in [0.1, 0.15) is 0 Å². The molecule has 0 fully saturated rings. The third kappa shape index (κ3) is 3.41. The van der Waals surface area contributed by atoms with E-state index in [4.69, 9.17) is 0 Å². The van der Waals surface area contributed by atoms with Crippen molar-refractivity contribution < 1.29 is 17.9 Å². The van der Waals surface area contributed by atoms with Gasteiger partial charge in [-0.05, 0) is 34.1 Å². The molecule has 1 aromatic carbocycles. The number of esters is 1. The highest BCUT2D eigenvalue weighted by Gasteiger charge is 2.19. The molecule has 0 spiro atoms. The van der Waals surface area contributed by atoms with Crippen LogP contribution in [0.15, 0.2) is 40.2 Å². The molecule has 7 heteroatoms. The number of carbonyl (C=O) groups excluding carboxylic acids is 1. The molecule has 5 nitrogen and oxygen atoms in total. The van der Waals surface area contributed by atoms with E-state index >= 15 is 0 Å². The minimum absolute atomic E-state index is 0.0211. The summed E-state index contributed by atoms with van der Waals surface area (Å²) in [7, 11) is -2.46. The van der Waals surface area contributed by atoms with Crippen molar-refractivity contribution in [1.82, 2.24) is 4.72 Å². The third-order valence-corrected chi connectivity index (χ3v) is 4.48. The largest absolute Gasteiger partial charge is 0.465 e. The number of benzene rings is 1. The zero-order valence-corrected chi connectivity index (χ0v) is 12.0. The lowest BCUT2D eigenvalue weighted by Gasteiger charge is -2.08. The molecule has 1 aromatic rings. The monoisotopic (exact) mass is 333 g/mol. The summed E-state index contributed by atoms with van der Waals surface area (Å²) in [6, 6.07) is 4.21. The number of nitrogens with one attached hydrogen (secondary N) is 1. The molecule has 18 heavy (non-hydrogen) atoms. The molecular weight excluding hydrogens is 322 g/mol. The fraction of sp³-hybridized carbons (Fsp3) is 0.182. The smallest absolute Gasteiger partial charge is 0.337 e. The van der Waals surface area contributed by atoms with Crippen molar-refractivity contribution in [1.29, 1.82) is 0 Å². The van der Waals surface area contributed by atoms with E-state index in [1.807, 2.05) is 0 Å². The van der Waals surface area contributed by atoms with Gasteiger partial charge in [-0.1, -0.05) is 6.08 Å². The maximum absolute atomic E-state index is 11.9. The van der Waals surface area contributed by atoms with E-state index in [1.165, 1.54) is 31.4 Å². The van der Waals surface area contributed by atoms with Crippen LogP contribution in [0, 0.1) is 0 Å². The number of methoxy groups -OCH3 is 1. The Morgan fingerprint density at radius 1 is 1.56 bits per heavy atom. The summed E-state index contributed by atoms with van der Waals surface area (Å²) < 4.78 is 31.1. The van der Waals surface area contributed by atoms with E-state index < -0.39 is 16.0 Å². The number of sulfonamides is 1. The summed E-state index contributed by atoms with van der Waals surface area (Å²) in [4.78, 5) is 11.3. The first-order valence-corrected chi connectivity index (χ1v) is 7.18. The van der Waals surface area contributed by atoms with Crippen LogP contribution < -0.4 is 4.72 Å². The number of rotatable bonds is 5. The normalized spacial score (nSPS) is 11.0. The molecule has 98 valence electrons. The summed E-state index contributed by atoms with van der Waals surface area (Å²) >= 11 is 3.13. The molecule has 0 aliphatic heterocycles. The topological polar surface area (TPSA) is 72.5 Å². The van der Waals surface area contributed by atoms with E-state index in [2.05, 4.69) is 32.0 Å². The van der Waals surface area contributed by atoms with Crippen molar-refractivity contribution in [2.45, 2.75) is 4.90 Å². The van der Waals surface area contributed by atoms with Gasteiger partial charge in [0.15, 0.2) is 0 Å². The lowest BCUT2D eigenvalue weighted by atomic mass is 10.2. The quantitative estimate of drug-likeness (QED) is 0.657. The molecular formula is C11H12BrNO4S. The Morgan fingerprint density at radius 3 is 2.78 bits per heavy atom. The highest BCUT2D eigenvalue weighted by Crippen LogP contribution is 2.23. The Bertz CT molecular complexity index is 568. The summed E-state index contributed by atoms with van der Waals surface area (Å²) in [6.07, 6.45) is 1.43. The molecule has 0 amide bonds. The highest BCUT2D eigenvalue weighted by atomic mass is 79.9. The van der Waals surface area contributed by atoms with Crippen LogP contribution in [0.4, 0.5) is 0 Å². The zero-order chi connectivity index (χ0) is 13.8. The molecule has 0 saturated heterocycles. The molecule has 0 unspecified atom stereocenters. The molecule has 0 aromatic heterocycles. The van der Waals surface area contributed by atoms with Gasteiger partial charge in [0, 0.05) is 11.0 Å². The molecule has 0 aliphatic carbocycles. The van der Waals surface area contributed by atoms with Crippen molar-refractivity contribution in [3.05, 3.63) is 40.9 Å². The predicted molar refractivity (Wildman–Crippen MR) is 70.9 cm³/mol. The van der Waals surface area contributed by atoms with Crippen LogP contribution in [-0.2, 0) is 14.8 Å². The first-order chi connectivity index (χ1) is 8.42. The van der Waals surface area contributed by atoms with Gasteiger partial charge in [-0.2, -0.15) is 0 Å². The summed E-state index contributed by atoms with van der Waals surface area (Å²) in [6.45, 7) is 3.53. The summed E-state index contributed by atoms with van der Waals surface area (Å²) in [5.74, 6) is -0.595. The molecule has 0 radical (unpaired) electrons. The Kier molecular flexibility index (Phi) is 5.06. The fourth-order valence-electron chi connectivity index (χ4n) is 1.20. The summed E-state index contributed by atoms with van der Waals surface area (Å²) in [5.41, 5.74) is 0.166. The van der Waals surface area contributed by atoms with E-state index in [1.54, 1.807) is 0 Å². The lowest BCUT2D eigenvalue weighted by Crippen LogP contribution is -2.24. The van der Waals surface area contributed by atoms with Crippen LogP contribution in [-0.4, -0.2) is 28.0 Å². The van der Waals surface area contributed by atoms with Crippen molar-refractivity contribution in [2.24, 2.45) is 0 Å². The maximum atomic E-state index is 11.9. The van der Waals surface area contributed by atoms with E-state index in [0.29, 0.717) is 4.47 Å². The third-order valence-electron chi connectivity index (χ3n) is 2.06. The van der Waals surface area contributed by atoms with Gasteiger partial charge in [-0.25, -0.2) is 17.9 Å². The average molecular weight is 334 g/mol. The van der Waals surface area contributed by atoms with Crippen molar-refractivity contribution in [2.75, 3.05) is 13.7 Å². The van der Waals surface area contributed by atoms with Gasteiger partial charge in [-0.15, -0.1) is 6.58 Å².